The molecule has 1 fully saturated rings. The van der Waals surface area contributed by atoms with Gasteiger partial charge in [-0.1, -0.05) is 48.2 Å². The summed E-state index contributed by atoms with van der Waals surface area (Å²) in [5, 5.41) is 5.00. The van der Waals surface area contributed by atoms with Gasteiger partial charge < -0.3 is 5.32 Å². The average Bonchev–Trinajstić information content (AvgIpc) is 2.59. The second-order valence-electron chi connectivity index (χ2n) is 4.75. The highest BCUT2D eigenvalue weighted by Gasteiger charge is 2.12. The number of hydrogen-bond acceptors (Lipinski definition) is 1. The molecule has 2 rings (SSSR count). The van der Waals surface area contributed by atoms with Crippen LogP contribution in [0.25, 0.3) is 0 Å². The lowest BCUT2D eigenvalue weighted by atomic mass is 10.0. The van der Waals surface area contributed by atoms with E-state index < -0.39 is 0 Å². The minimum Gasteiger partial charge on any atom is -0.314 e. The predicted molar refractivity (Wildman–Crippen MR) is 75.0 cm³/mol. The summed E-state index contributed by atoms with van der Waals surface area (Å²) in [6, 6.07) is 6.54. The van der Waals surface area contributed by atoms with Crippen LogP contribution in [0.3, 0.4) is 0 Å². The van der Waals surface area contributed by atoms with Gasteiger partial charge in [0.1, 0.15) is 0 Å². The monoisotopic (exact) mass is 271 g/mol. The molecule has 0 bridgehead atoms. The molecule has 1 N–H and O–H groups in total. The third kappa shape index (κ3) is 3.87. The third-order valence-electron chi connectivity index (χ3n) is 3.46. The summed E-state index contributed by atoms with van der Waals surface area (Å²) in [5.41, 5.74) is 1.17. The highest BCUT2D eigenvalue weighted by Crippen LogP contribution is 2.27. The van der Waals surface area contributed by atoms with Crippen LogP contribution >= 0.6 is 23.2 Å². The third-order valence-corrected chi connectivity index (χ3v) is 4.31. The van der Waals surface area contributed by atoms with Gasteiger partial charge >= 0.3 is 0 Å². The fraction of sp³-hybridized carbons (Fsp3) is 0.571. The molecule has 1 unspecified atom stereocenters. The molecule has 0 saturated carbocycles. The van der Waals surface area contributed by atoms with Crippen molar-refractivity contribution in [2.24, 2.45) is 0 Å². The van der Waals surface area contributed by atoms with Crippen LogP contribution in [0, 0.1) is 0 Å². The van der Waals surface area contributed by atoms with E-state index in [4.69, 9.17) is 23.2 Å². The zero-order valence-electron chi connectivity index (χ0n) is 10.0. The van der Waals surface area contributed by atoms with Crippen molar-refractivity contribution >= 4 is 23.2 Å². The van der Waals surface area contributed by atoms with Crippen LogP contribution in [0.4, 0.5) is 0 Å². The van der Waals surface area contributed by atoms with E-state index in [0.29, 0.717) is 11.1 Å². The summed E-state index contributed by atoms with van der Waals surface area (Å²) >= 11 is 12.2. The van der Waals surface area contributed by atoms with Crippen LogP contribution in [-0.2, 0) is 6.42 Å². The summed E-state index contributed by atoms with van der Waals surface area (Å²) < 4.78 is 0. The van der Waals surface area contributed by atoms with Crippen LogP contribution in [0.2, 0.25) is 10.0 Å². The van der Waals surface area contributed by atoms with Crippen molar-refractivity contribution in [3.8, 4) is 0 Å². The number of hydrogen-bond donors (Lipinski definition) is 1. The summed E-state index contributed by atoms with van der Waals surface area (Å²) in [7, 11) is 0. The van der Waals surface area contributed by atoms with E-state index in [1.165, 1.54) is 31.2 Å². The Balaban J connectivity index is 1.90. The van der Waals surface area contributed by atoms with Crippen molar-refractivity contribution in [2.75, 3.05) is 6.54 Å². The molecule has 0 spiro atoms. The second kappa shape index (κ2) is 6.63. The van der Waals surface area contributed by atoms with E-state index in [-0.39, 0.29) is 0 Å². The van der Waals surface area contributed by atoms with Gasteiger partial charge in [0.2, 0.25) is 0 Å². The molecule has 1 aliphatic rings. The number of halogens is 2. The van der Waals surface area contributed by atoms with Crippen molar-refractivity contribution in [1.29, 1.82) is 0 Å². The largest absolute Gasteiger partial charge is 0.314 e. The molecule has 94 valence electrons. The lowest BCUT2D eigenvalue weighted by molar-refractivity contribution is 0.478. The lowest BCUT2D eigenvalue weighted by Gasteiger charge is -2.16. The van der Waals surface area contributed by atoms with Gasteiger partial charge in [-0.05, 0) is 43.9 Å². The maximum absolute atomic E-state index is 6.19. The minimum absolute atomic E-state index is 0.646. The summed E-state index contributed by atoms with van der Waals surface area (Å²) in [6.07, 6.45) is 7.48. The highest BCUT2D eigenvalue weighted by atomic mass is 35.5. The fourth-order valence-corrected chi connectivity index (χ4v) is 2.83. The van der Waals surface area contributed by atoms with E-state index >= 15 is 0 Å². The molecule has 1 atom stereocenters. The normalized spacial score (nSPS) is 21.2. The Hall–Kier alpha value is -0.240. The highest BCUT2D eigenvalue weighted by molar-refractivity contribution is 6.42. The molecular weight excluding hydrogens is 253 g/mol. The topological polar surface area (TPSA) is 12.0 Å². The minimum atomic E-state index is 0.646. The molecular formula is C14H19Cl2N. The second-order valence-corrected chi connectivity index (χ2v) is 5.54. The molecule has 1 aromatic rings. The van der Waals surface area contributed by atoms with Gasteiger partial charge in [0.05, 0.1) is 10.0 Å². The van der Waals surface area contributed by atoms with E-state index in [0.717, 1.165) is 24.4 Å². The zero-order valence-corrected chi connectivity index (χ0v) is 11.5. The zero-order chi connectivity index (χ0) is 12.1. The maximum Gasteiger partial charge on any atom is 0.0624 e. The Morgan fingerprint density at radius 1 is 1.18 bits per heavy atom. The van der Waals surface area contributed by atoms with Gasteiger partial charge in [-0.15, -0.1) is 0 Å². The molecule has 1 aliphatic heterocycles. The smallest absolute Gasteiger partial charge is 0.0624 e. The Labute approximate surface area is 114 Å². The molecule has 1 heterocycles. The van der Waals surface area contributed by atoms with Gasteiger partial charge in [-0.25, -0.2) is 0 Å². The molecule has 1 saturated heterocycles. The molecule has 0 amide bonds. The Kier molecular flexibility index (Phi) is 5.15. The van der Waals surface area contributed by atoms with Crippen molar-refractivity contribution in [3.05, 3.63) is 33.8 Å². The molecule has 0 radical (unpaired) electrons. The quantitative estimate of drug-likeness (QED) is 0.856. The van der Waals surface area contributed by atoms with Crippen molar-refractivity contribution in [2.45, 2.75) is 44.6 Å². The van der Waals surface area contributed by atoms with E-state index in [2.05, 4.69) is 11.4 Å². The van der Waals surface area contributed by atoms with Crippen molar-refractivity contribution < 1.29 is 0 Å². The van der Waals surface area contributed by atoms with Gasteiger partial charge in [0, 0.05) is 6.04 Å². The first-order valence-electron chi connectivity index (χ1n) is 6.43. The fourth-order valence-electron chi connectivity index (χ4n) is 2.42. The lowest BCUT2D eigenvalue weighted by Crippen LogP contribution is -2.28. The number of benzene rings is 1. The van der Waals surface area contributed by atoms with Crippen LogP contribution in [0.5, 0.6) is 0 Å². The molecule has 17 heavy (non-hydrogen) atoms. The van der Waals surface area contributed by atoms with Gasteiger partial charge in [-0.3, -0.25) is 0 Å². The molecule has 3 heteroatoms. The Morgan fingerprint density at radius 3 is 2.94 bits per heavy atom. The van der Waals surface area contributed by atoms with Crippen molar-refractivity contribution in [3.63, 3.8) is 0 Å². The van der Waals surface area contributed by atoms with Crippen molar-refractivity contribution in [1.82, 2.24) is 5.32 Å². The standard InChI is InChI=1S/C14H19Cl2N/c15-13-7-4-5-11(14(13)16)8-9-12-6-2-1-3-10-17-12/h4-5,7,12,17H,1-3,6,8-10H2. The van der Waals surface area contributed by atoms with Crippen LogP contribution < -0.4 is 5.32 Å². The first kappa shape index (κ1) is 13.2. The van der Waals surface area contributed by atoms with Crippen LogP contribution in [-0.4, -0.2) is 12.6 Å². The van der Waals surface area contributed by atoms with E-state index in [1.807, 2.05) is 12.1 Å². The van der Waals surface area contributed by atoms with Gasteiger partial charge in [0.15, 0.2) is 0 Å². The maximum atomic E-state index is 6.19. The summed E-state index contributed by atoms with van der Waals surface area (Å²) in [6.45, 7) is 1.16. The number of rotatable bonds is 3. The summed E-state index contributed by atoms with van der Waals surface area (Å²) in [4.78, 5) is 0. The van der Waals surface area contributed by atoms with E-state index in [9.17, 15) is 0 Å². The molecule has 1 nitrogen and oxygen atoms in total. The Morgan fingerprint density at radius 2 is 2.06 bits per heavy atom. The van der Waals surface area contributed by atoms with Gasteiger partial charge in [0.25, 0.3) is 0 Å². The number of nitrogens with one attached hydrogen (secondary N) is 1. The summed E-state index contributed by atoms with van der Waals surface area (Å²) in [5.74, 6) is 0. The SMILES string of the molecule is Clc1cccc(CCC2CCCCCN2)c1Cl. The average molecular weight is 272 g/mol. The molecule has 0 aromatic heterocycles. The van der Waals surface area contributed by atoms with E-state index in [1.54, 1.807) is 0 Å². The van der Waals surface area contributed by atoms with Gasteiger partial charge in [-0.2, -0.15) is 0 Å². The van der Waals surface area contributed by atoms with Crippen LogP contribution in [0.15, 0.2) is 18.2 Å². The first-order valence-corrected chi connectivity index (χ1v) is 7.19. The first-order chi connectivity index (χ1) is 8.27. The molecule has 1 aromatic carbocycles. The Bertz CT molecular complexity index is 357. The number of aryl methyl sites for hydroxylation is 1. The predicted octanol–water partition coefficient (Wildman–Crippen LogP) is 4.46. The molecule has 0 aliphatic carbocycles. The van der Waals surface area contributed by atoms with Crippen LogP contribution in [0.1, 0.15) is 37.7 Å².